The summed E-state index contributed by atoms with van der Waals surface area (Å²) in [6, 6.07) is 0. The van der Waals surface area contributed by atoms with Crippen LogP contribution in [0.4, 0.5) is 0 Å². The smallest absolute Gasteiger partial charge is 0.0348 e. The molecule has 0 bridgehead atoms. The third kappa shape index (κ3) is 7.84. The Morgan fingerprint density at radius 1 is 1.17 bits per heavy atom. The van der Waals surface area contributed by atoms with Gasteiger partial charge in [-0.25, -0.2) is 0 Å². The first-order chi connectivity index (χ1) is 5.81. The molecule has 0 aliphatic heterocycles. The van der Waals surface area contributed by atoms with Gasteiger partial charge in [-0.15, -0.1) is 0 Å². The first-order valence-corrected chi connectivity index (χ1v) is 5.26. The highest BCUT2D eigenvalue weighted by Gasteiger charge is 1.87. The number of unbranched alkanes of at least 4 members (excludes halogenated alkanes) is 5. The summed E-state index contributed by atoms with van der Waals surface area (Å²) in [4.78, 5) is 0. The van der Waals surface area contributed by atoms with Gasteiger partial charge in [0.05, 0.1) is 0 Å². The lowest BCUT2D eigenvalue weighted by Crippen LogP contribution is -1.77. The van der Waals surface area contributed by atoms with Gasteiger partial charge in [-0.3, -0.25) is 0 Å². The lowest BCUT2D eigenvalue weighted by Gasteiger charge is -1.97. The molecule has 0 atom stereocenters. The van der Waals surface area contributed by atoms with Crippen LogP contribution in [-0.4, -0.2) is 0 Å². The van der Waals surface area contributed by atoms with E-state index in [0.29, 0.717) is 0 Å². The normalized spacial score (nSPS) is 12.1. The van der Waals surface area contributed by atoms with Crippen LogP contribution in [0.15, 0.2) is 11.6 Å². The van der Waals surface area contributed by atoms with Crippen LogP contribution in [0.5, 0.6) is 0 Å². The Morgan fingerprint density at radius 3 is 2.42 bits per heavy atom. The van der Waals surface area contributed by atoms with Crippen LogP contribution >= 0.6 is 0 Å². The predicted octanol–water partition coefficient (Wildman–Crippen LogP) is 4.52. The zero-order valence-corrected chi connectivity index (χ0v) is 8.73. The van der Waals surface area contributed by atoms with Crippen molar-refractivity contribution in [2.45, 2.75) is 58.8 Å². The average molecular weight is 167 g/mol. The Hall–Kier alpha value is -0.260. The van der Waals surface area contributed by atoms with Gasteiger partial charge in [0.1, 0.15) is 0 Å². The quantitative estimate of drug-likeness (QED) is 0.386. The minimum atomic E-state index is 1.10. The molecule has 71 valence electrons. The molecule has 0 N–H and O–H groups in total. The van der Waals surface area contributed by atoms with Crippen molar-refractivity contribution in [3.05, 3.63) is 18.6 Å². The summed E-state index contributed by atoms with van der Waals surface area (Å²) in [5.74, 6) is 0. The zero-order chi connectivity index (χ0) is 9.23. The number of hydrogen-bond donors (Lipinski definition) is 0. The molecule has 0 spiro atoms. The molecule has 0 aromatic carbocycles. The van der Waals surface area contributed by atoms with Crippen LogP contribution < -0.4 is 0 Å². The van der Waals surface area contributed by atoms with Gasteiger partial charge < -0.3 is 0 Å². The third-order valence-corrected chi connectivity index (χ3v) is 2.25. The van der Waals surface area contributed by atoms with Crippen molar-refractivity contribution in [1.82, 2.24) is 0 Å². The van der Waals surface area contributed by atoms with Crippen molar-refractivity contribution in [3.63, 3.8) is 0 Å². The lowest BCUT2D eigenvalue weighted by molar-refractivity contribution is 0.650. The molecule has 0 fully saturated rings. The fourth-order valence-corrected chi connectivity index (χ4v) is 1.17. The standard InChI is InChI=1S/C12H23/c1-4-6-7-8-9-10-11-12(3)5-2/h11H,1,4-10H2,2-3H3/b12-11+. The molecule has 0 aliphatic carbocycles. The molecule has 0 saturated carbocycles. The van der Waals surface area contributed by atoms with E-state index in [2.05, 4.69) is 26.8 Å². The summed E-state index contributed by atoms with van der Waals surface area (Å²) >= 11 is 0. The maximum Gasteiger partial charge on any atom is -0.0348 e. The third-order valence-electron chi connectivity index (χ3n) is 2.25. The summed E-state index contributed by atoms with van der Waals surface area (Å²) in [7, 11) is 0. The maximum atomic E-state index is 3.83. The van der Waals surface area contributed by atoms with Crippen LogP contribution in [0.3, 0.4) is 0 Å². The minimum absolute atomic E-state index is 1.10. The second kappa shape index (κ2) is 8.83. The van der Waals surface area contributed by atoms with Gasteiger partial charge in [-0.2, -0.15) is 0 Å². The van der Waals surface area contributed by atoms with Gasteiger partial charge in [-0.05, 0) is 26.2 Å². The Bertz CT molecular complexity index is 111. The van der Waals surface area contributed by atoms with Crippen LogP contribution in [0, 0.1) is 6.92 Å². The van der Waals surface area contributed by atoms with Crippen molar-refractivity contribution in [1.29, 1.82) is 0 Å². The molecule has 1 radical (unpaired) electrons. The molecule has 0 rings (SSSR count). The molecule has 0 aliphatic rings. The van der Waals surface area contributed by atoms with Crippen molar-refractivity contribution in [2.75, 3.05) is 0 Å². The van der Waals surface area contributed by atoms with Crippen molar-refractivity contribution in [2.24, 2.45) is 0 Å². The molecule has 0 heteroatoms. The molecule has 0 nitrogen and oxygen atoms in total. The molecular formula is C12H23. The Labute approximate surface area is 78.1 Å². The largest absolute Gasteiger partial charge is 0.0856 e. The predicted molar refractivity (Wildman–Crippen MR) is 57.1 cm³/mol. The van der Waals surface area contributed by atoms with E-state index in [1.165, 1.54) is 44.1 Å². The van der Waals surface area contributed by atoms with Gasteiger partial charge in [0.25, 0.3) is 0 Å². The lowest BCUT2D eigenvalue weighted by atomic mass is 10.1. The van der Waals surface area contributed by atoms with E-state index in [-0.39, 0.29) is 0 Å². The minimum Gasteiger partial charge on any atom is -0.0856 e. The average Bonchev–Trinajstić information content (AvgIpc) is 2.10. The number of allylic oxidation sites excluding steroid dienone is 2. The van der Waals surface area contributed by atoms with E-state index in [9.17, 15) is 0 Å². The van der Waals surface area contributed by atoms with E-state index < -0.39 is 0 Å². The fraction of sp³-hybridized carbons (Fsp3) is 0.750. The molecule has 0 aromatic heterocycles. The highest BCUT2D eigenvalue weighted by Crippen LogP contribution is 2.07. The molecule has 0 heterocycles. The van der Waals surface area contributed by atoms with Crippen LogP contribution in [0.2, 0.25) is 0 Å². The van der Waals surface area contributed by atoms with Gasteiger partial charge in [-0.1, -0.05) is 51.2 Å². The summed E-state index contributed by atoms with van der Waals surface area (Å²) in [5.41, 5.74) is 1.53. The second-order valence-corrected chi connectivity index (χ2v) is 3.46. The topological polar surface area (TPSA) is 0 Å². The SMILES string of the molecule is [CH2]CCCCCC/C=C(\C)CC. The number of hydrogen-bond acceptors (Lipinski definition) is 0. The summed E-state index contributed by atoms with van der Waals surface area (Å²) in [6.45, 7) is 8.27. The van der Waals surface area contributed by atoms with Crippen molar-refractivity contribution < 1.29 is 0 Å². The molecule has 0 unspecified atom stereocenters. The molecule has 12 heavy (non-hydrogen) atoms. The number of rotatable bonds is 7. The summed E-state index contributed by atoms with van der Waals surface area (Å²) < 4.78 is 0. The van der Waals surface area contributed by atoms with Crippen LogP contribution in [0.1, 0.15) is 58.8 Å². The maximum absolute atomic E-state index is 3.83. The highest BCUT2D eigenvalue weighted by atomic mass is 13.9. The van der Waals surface area contributed by atoms with Crippen molar-refractivity contribution >= 4 is 0 Å². The highest BCUT2D eigenvalue weighted by molar-refractivity contribution is 4.96. The summed E-state index contributed by atoms with van der Waals surface area (Å²) in [5, 5.41) is 0. The van der Waals surface area contributed by atoms with Crippen LogP contribution in [0.25, 0.3) is 0 Å². The van der Waals surface area contributed by atoms with Gasteiger partial charge >= 0.3 is 0 Å². The van der Waals surface area contributed by atoms with E-state index in [1.54, 1.807) is 0 Å². The van der Waals surface area contributed by atoms with Crippen molar-refractivity contribution in [3.8, 4) is 0 Å². The monoisotopic (exact) mass is 167 g/mol. The first kappa shape index (κ1) is 11.7. The zero-order valence-electron chi connectivity index (χ0n) is 8.73. The Morgan fingerprint density at radius 2 is 1.83 bits per heavy atom. The first-order valence-electron chi connectivity index (χ1n) is 5.26. The molecule has 0 aromatic rings. The summed E-state index contributed by atoms with van der Waals surface area (Å²) in [6.07, 6.45) is 11.4. The molecule has 0 saturated heterocycles. The molecule has 0 amide bonds. The van der Waals surface area contributed by atoms with Gasteiger partial charge in [0.15, 0.2) is 0 Å². The second-order valence-electron chi connectivity index (χ2n) is 3.46. The van der Waals surface area contributed by atoms with E-state index in [4.69, 9.17) is 0 Å². The van der Waals surface area contributed by atoms with Crippen LogP contribution in [-0.2, 0) is 0 Å². The van der Waals surface area contributed by atoms with Gasteiger partial charge in [0, 0.05) is 0 Å². The Balaban J connectivity index is 3.10. The Kier molecular flexibility index (Phi) is 8.64. The van der Waals surface area contributed by atoms with E-state index >= 15 is 0 Å². The van der Waals surface area contributed by atoms with Gasteiger partial charge in [0.2, 0.25) is 0 Å². The molecular weight excluding hydrogens is 144 g/mol. The fourth-order valence-electron chi connectivity index (χ4n) is 1.17. The van der Waals surface area contributed by atoms with E-state index in [0.717, 1.165) is 6.42 Å². The van der Waals surface area contributed by atoms with E-state index in [1.807, 2.05) is 0 Å².